The number of benzene rings is 10. The Morgan fingerprint density at radius 2 is 0.732 bits per heavy atom. The third-order valence-electron chi connectivity index (χ3n) is 22.6. The highest BCUT2D eigenvalue weighted by molar-refractivity contribution is 7.09. The summed E-state index contributed by atoms with van der Waals surface area (Å²) in [4.78, 5) is 91.1. The molecule has 17 rings (SSSR count). The molecule has 127 heavy (non-hydrogen) atoms. The van der Waals surface area contributed by atoms with Crippen molar-refractivity contribution in [3.8, 4) is 28.7 Å². The Hall–Kier alpha value is -13.6. The zero-order chi connectivity index (χ0) is 89.5. The maximum absolute atomic E-state index is 12.6. The largest absolute Gasteiger partial charge is 0.496 e. The lowest BCUT2D eigenvalue weighted by molar-refractivity contribution is -0.122. The molecule has 0 radical (unpaired) electrons. The molecule has 3 N–H and O–H groups in total. The molecule has 0 aliphatic carbocycles. The van der Waals surface area contributed by atoms with Crippen molar-refractivity contribution in [1.82, 2.24) is 30.2 Å². The minimum atomic E-state index is -0.595. The van der Waals surface area contributed by atoms with Crippen molar-refractivity contribution in [1.29, 1.82) is 0 Å². The summed E-state index contributed by atoms with van der Waals surface area (Å²) >= 11 is 0. The fourth-order valence-corrected chi connectivity index (χ4v) is 15.8. The summed E-state index contributed by atoms with van der Waals surface area (Å²) in [7, 11) is 10.6. The van der Waals surface area contributed by atoms with E-state index in [0.717, 1.165) is 103 Å². The maximum atomic E-state index is 12.6. The Morgan fingerprint density at radius 1 is 0.394 bits per heavy atom. The van der Waals surface area contributed by atoms with E-state index in [0.29, 0.717) is 99.9 Å². The Labute approximate surface area is 744 Å². The lowest BCUT2D eigenvalue weighted by atomic mass is 9.88. The molecule has 0 saturated carbocycles. The monoisotopic (exact) mass is 1720 g/mol. The van der Waals surface area contributed by atoms with Crippen LogP contribution in [0.25, 0.3) is 51.9 Å². The molecule has 0 aromatic heterocycles. The zero-order valence-electron chi connectivity index (χ0n) is 73.2. The molecule has 7 aliphatic heterocycles. The first-order valence-corrected chi connectivity index (χ1v) is 42.8. The number of nitrogens with zero attached hydrogens (tertiary/aromatic N) is 10. The van der Waals surface area contributed by atoms with Gasteiger partial charge < -0.3 is 53.7 Å². The predicted octanol–water partition coefficient (Wildman–Crippen LogP) is 16.9. The number of methoxy groups -OCH3 is 3. The van der Waals surface area contributed by atoms with Crippen LogP contribution in [-0.2, 0) is 28.5 Å². The average Bonchev–Trinajstić information content (AvgIpc) is 1.68. The van der Waals surface area contributed by atoms with E-state index >= 15 is 0 Å². The van der Waals surface area contributed by atoms with Crippen molar-refractivity contribution in [2.45, 2.75) is 84.3 Å². The number of para-hydroxylation sites is 6. The van der Waals surface area contributed by atoms with Gasteiger partial charge in [0.25, 0.3) is 29.5 Å². The van der Waals surface area contributed by atoms with Crippen LogP contribution in [0.2, 0.25) is 0 Å². The third kappa shape index (κ3) is 23.9. The number of aliphatic hydroxyl groups excluding tert-OH is 1. The first-order chi connectivity index (χ1) is 61.6. The SMILES string of the molecule is CC1=N/C(=C\c2ccccc2OC[C@@H](O)CN2CCC(c3ccc4ccccc4c3)CC2)C(=O)N1C.CC1=N/C(=C\c2ccccc2OC[C@H](CN2CCC(c3ccc4ccccc4c3)CC2)OP)C(=O)N1.COc1ccccc1/C=C1\N=C(C)N(C)C1=O.COc1ccccc1/C=C1\N=C(C)N(c2ccccc2)C1=O.COc1ccccc1/C=C1\N=C(C)NC1=O. The highest BCUT2D eigenvalue weighted by Crippen LogP contribution is 2.36. The first kappa shape index (κ1) is 91.1. The minimum absolute atomic E-state index is 0.0806. The lowest BCUT2D eigenvalue weighted by Crippen LogP contribution is -2.40. The number of amides is 5. The summed E-state index contributed by atoms with van der Waals surface area (Å²) in [6.07, 6.45) is 12.5. The van der Waals surface area contributed by atoms with Gasteiger partial charge in [-0.2, -0.15) is 0 Å². The second-order valence-electron chi connectivity index (χ2n) is 31.3. The minimum Gasteiger partial charge on any atom is -0.496 e. The third-order valence-corrected chi connectivity index (χ3v) is 23.0. The van der Waals surface area contributed by atoms with Gasteiger partial charge in [-0.05, 0) is 204 Å². The van der Waals surface area contributed by atoms with Gasteiger partial charge in [0.15, 0.2) is 0 Å². The fraction of sp³-hybridized carbons (Fsp3) is 0.255. The molecule has 25 heteroatoms. The van der Waals surface area contributed by atoms with E-state index in [1.165, 1.54) is 42.5 Å². The van der Waals surface area contributed by atoms with Crippen LogP contribution in [0.5, 0.6) is 28.7 Å². The van der Waals surface area contributed by atoms with Crippen LogP contribution in [0.15, 0.2) is 290 Å². The van der Waals surface area contributed by atoms with Crippen molar-refractivity contribution in [3.05, 3.63) is 304 Å². The van der Waals surface area contributed by atoms with Crippen LogP contribution in [-0.4, -0.2) is 184 Å². The number of anilines is 1. The average molecular weight is 1720 g/mol. The van der Waals surface area contributed by atoms with Gasteiger partial charge in [-0.25, -0.2) is 25.0 Å². The van der Waals surface area contributed by atoms with Gasteiger partial charge in [0.1, 0.15) is 112 Å². The molecule has 0 spiro atoms. The fourth-order valence-electron chi connectivity index (χ4n) is 15.6. The number of likely N-dealkylation sites (N-methyl/N-ethyl adjacent to an activating group) is 2. The number of aliphatic hydroxyl groups is 1. The van der Waals surface area contributed by atoms with E-state index < -0.39 is 6.10 Å². The summed E-state index contributed by atoms with van der Waals surface area (Å²) in [5.74, 6) is 7.20. The van der Waals surface area contributed by atoms with Crippen LogP contribution < -0.4 is 39.2 Å². The molecular weight excluding hydrogens is 1620 g/mol. The summed E-state index contributed by atoms with van der Waals surface area (Å²) < 4.78 is 33.5. The van der Waals surface area contributed by atoms with E-state index in [1.54, 1.807) is 91.5 Å². The van der Waals surface area contributed by atoms with Crippen molar-refractivity contribution >= 4 is 126 Å². The molecule has 10 aromatic rings. The standard InChI is InChI=1S/C30H33N3O3.C29H32N3O3P.C18H16N2O2.C13H14N2O2.C12H12N2O2/c1-21-31-28(30(35)32(21)2)18-26-9-5-6-10-29(26)36-20-27(34)19-33-15-13-23(14-16-33)25-12-11-22-7-3-4-8-24(22)17-25;1-20-30-27(29(33)31-20)17-25-8-4-5-9-28(25)34-19-26(35-36)18-32-14-12-22(13-15-32)24-11-10-21-6-2-3-7-23(21)16-24;1-13-19-16(12-14-8-6-7-11-17(14)22-2)18(21)20(13)15-9-4-3-5-10-15;1-9-14-11(13(16)15(9)2)8-10-6-4-5-7-12(10)17-3;1-8-13-10(12(15)14-8)7-9-5-3-4-6-11(9)16-2/h3-12,17-18,23,27,34H,13-16,19-20H2,1-2H3;2-11,16-17,22,26H,12-15,18-19,36H2,1H3,(H,30,31,33);3-12H,1-2H3;4-8H,1-3H3;3-7H,1-2H3,(H,13,14,15)/b28-18-;27-17-;16-12-;11-8-;10-7-/t27-;26-;;;/m00.../s1. The maximum Gasteiger partial charge on any atom is 0.282 e. The van der Waals surface area contributed by atoms with Gasteiger partial charge in [0.05, 0.1) is 27.0 Å². The van der Waals surface area contributed by atoms with Gasteiger partial charge in [-0.3, -0.25) is 38.7 Å². The molecule has 7 heterocycles. The number of fused-ring (bicyclic) bond motifs is 2. The summed E-state index contributed by atoms with van der Waals surface area (Å²) in [6.45, 7) is 15.0. The van der Waals surface area contributed by atoms with Crippen LogP contribution in [0.3, 0.4) is 0 Å². The van der Waals surface area contributed by atoms with Crippen LogP contribution >= 0.6 is 9.47 Å². The topological polar surface area (TPSA) is 263 Å². The van der Waals surface area contributed by atoms with Crippen molar-refractivity contribution < 1.29 is 57.3 Å². The van der Waals surface area contributed by atoms with E-state index in [1.807, 2.05) is 166 Å². The highest BCUT2D eigenvalue weighted by Gasteiger charge is 2.32. The van der Waals surface area contributed by atoms with Gasteiger partial charge in [0, 0.05) is 64.5 Å². The second kappa shape index (κ2) is 43.8. The summed E-state index contributed by atoms with van der Waals surface area (Å²) in [6, 6.07) is 78.1. The number of ether oxygens (including phenoxy) is 5. The number of carbonyl (C=O) groups is 5. The smallest absolute Gasteiger partial charge is 0.282 e. The number of likely N-dealkylation sites (tertiary alicyclic amines) is 2. The molecule has 3 atom stereocenters. The summed E-state index contributed by atoms with van der Waals surface area (Å²) in [5.41, 5.74) is 9.82. The number of hydrogen-bond acceptors (Lipinski definition) is 19. The zero-order valence-corrected chi connectivity index (χ0v) is 74.3. The molecule has 7 aliphatic rings. The van der Waals surface area contributed by atoms with Crippen LogP contribution in [0, 0.1) is 0 Å². The Balaban J connectivity index is 0.000000141. The van der Waals surface area contributed by atoms with E-state index in [-0.39, 0.29) is 42.2 Å². The van der Waals surface area contributed by atoms with E-state index in [4.69, 9.17) is 28.2 Å². The normalized spacial score (nSPS) is 18.1. The van der Waals surface area contributed by atoms with Crippen LogP contribution in [0.4, 0.5) is 5.69 Å². The number of nitrogens with one attached hydrogen (secondary N) is 2. The molecule has 2 fully saturated rings. The van der Waals surface area contributed by atoms with Gasteiger partial charge in [0.2, 0.25) is 0 Å². The molecule has 0 bridgehead atoms. The molecule has 2 saturated heterocycles. The number of carbonyl (C=O) groups excluding carboxylic acids is 5. The van der Waals surface area contributed by atoms with E-state index in [2.05, 4.69) is 140 Å². The number of piperidine rings is 2. The molecule has 1 unspecified atom stereocenters. The lowest BCUT2D eigenvalue weighted by Gasteiger charge is -2.34. The second-order valence-corrected chi connectivity index (χ2v) is 31.6. The van der Waals surface area contributed by atoms with E-state index in [9.17, 15) is 29.1 Å². The number of β-amino-alcohol motifs (C(OH)–C–C–N with tert-alkyl or cyclic N) is 1. The molecule has 652 valence electrons. The quantitative estimate of drug-likeness (QED) is 0.0421. The number of rotatable bonds is 22. The number of aliphatic imine (C=N–C) groups is 5. The first-order valence-electron chi connectivity index (χ1n) is 42.3. The van der Waals surface area contributed by atoms with Crippen molar-refractivity contribution in [2.75, 3.05) is 92.8 Å². The van der Waals surface area contributed by atoms with Crippen LogP contribution in [0.1, 0.15) is 111 Å². The molecule has 5 amide bonds. The Morgan fingerprint density at radius 3 is 1.11 bits per heavy atom. The van der Waals surface area contributed by atoms with Gasteiger partial charge in [-0.15, -0.1) is 0 Å². The van der Waals surface area contributed by atoms with Crippen molar-refractivity contribution in [2.24, 2.45) is 25.0 Å². The Kier molecular flexibility index (Phi) is 31.4. The highest BCUT2D eigenvalue weighted by atomic mass is 31.0. The van der Waals surface area contributed by atoms with Gasteiger partial charge in [-0.1, -0.05) is 194 Å². The molecular formula is C102H107N12O12P. The molecule has 24 nitrogen and oxygen atoms in total. The summed E-state index contributed by atoms with van der Waals surface area (Å²) in [5, 5.41) is 21.2. The van der Waals surface area contributed by atoms with Gasteiger partial charge >= 0.3 is 0 Å². The number of amidine groups is 5. The predicted molar refractivity (Wildman–Crippen MR) is 509 cm³/mol. The van der Waals surface area contributed by atoms with Crippen molar-refractivity contribution in [3.63, 3.8) is 0 Å². The number of hydrogen-bond donors (Lipinski definition) is 3. The molecule has 10 aromatic carbocycles. The Bertz CT molecular complexity index is 6000.